The van der Waals surface area contributed by atoms with E-state index in [0.717, 1.165) is 36.6 Å². The number of carbonyl (C=O) groups excluding carboxylic acids is 1. The molecule has 138 valence electrons. The lowest BCUT2D eigenvalue weighted by Gasteiger charge is -2.30. The minimum absolute atomic E-state index is 0.0733. The van der Waals surface area contributed by atoms with E-state index in [-0.39, 0.29) is 11.9 Å². The Hall–Kier alpha value is -1.66. The smallest absolute Gasteiger partial charge is 0.246 e. The molecule has 25 heavy (non-hydrogen) atoms. The lowest BCUT2D eigenvalue weighted by Crippen LogP contribution is -2.46. The number of methoxy groups -OCH3 is 2. The van der Waals surface area contributed by atoms with Crippen LogP contribution in [0, 0.1) is 0 Å². The second kappa shape index (κ2) is 9.73. The number of carbonyl (C=O) groups is 1. The molecule has 1 amide bonds. The zero-order valence-corrected chi connectivity index (χ0v) is 16.3. The number of ether oxygens (including phenoxy) is 2. The van der Waals surface area contributed by atoms with Gasteiger partial charge in [-0.25, -0.2) is 0 Å². The van der Waals surface area contributed by atoms with Gasteiger partial charge in [0.15, 0.2) is 11.5 Å². The van der Waals surface area contributed by atoms with Gasteiger partial charge in [-0.1, -0.05) is 6.07 Å². The molecule has 0 saturated carbocycles. The molecule has 6 heteroatoms. The van der Waals surface area contributed by atoms with Gasteiger partial charge in [0, 0.05) is 24.9 Å². The van der Waals surface area contributed by atoms with Crippen molar-refractivity contribution in [2.24, 2.45) is 0 Å². The molecule has 1 unspecified atom stereocenters. The van der Waals surface area contributed by atoms with Crippen LogP contribution >= 0.6 is 11.8 Å². The third-order valence-corrected chi connectivity index (χ3v) is 5.32. The van der Waals surface area contributed by atoms with Crippen molar-refractivity contribution >= 4 is 23.7 Å². The quantitative estimate of drug-likeness (QED) is 0.726. The van der Waals surface area contributed by atoms with E-state index in [1.165, 1.54) is 0 Å². The Kier molecular flexibility index (Phi) is 7.65. The van der Waals surface area contributed by atoms with E-state index in [0.29, 0.717) is 11.5 Å². The van der Waals surface area contributed by atoms with Crippen LogP contribution in [0.2, 0.25) is 0 Å². The molecule has 1 aromatic carbocycles. The van der Waals surface area contributed by atoms with Crippen LogP contribution in [0.4, 0.5) is 0 Å². The number of amides is 1. The average molecular weight is 365 g/mol. The van der Waals surface area contributed by atoms with Gasteiger partial charge in [-0.05, 0) is 50.0 Å². The molecular formula is C19H28N2O3S. The Bertz CT molecular complexity index is 604. The van der Waals surface area contributed by atoms with E-state index in [1.54, 1.807) is 20.3 Å². The second-order valence-electron chi connectivity index (χ2n) is 6.32. The molecule has 0 spiro atoms. The van der Waals surface area contributed by atoms with Gasteiger partial charge in [-0.3, -0.25) is 4.79 Å². The fourth-order valence-electron chi connectivity index (χ4n) is 2.91. The summed E-state index contributed by atoms with van der Waals surface area (Å²) in [7, 11) is 7.33. The molecule has 1 atom stereocenters. The highest BCUT2D eigenvalue weighted by Crippen LogP contribution is 2.28. The molecule has 0 aromatic heterocycles. The van der Waals surface area contributed by atoms with Gasteiger partial charge >= 0.3 is 0 Å². The summed E-state index contributed by atoms with van der Waals surface area (Å²) in [5, 5.41) is 0. The highest BCUT2D eigenvalue weighted by Gasteiger charge is 2.24. The highest BCUT2D eigenvalue weighted by atomic mass is 32.2. The molecule has 2 rings (SSSR count). The lowest BCUT2D eigenvalue weighted by atomic mass is 10.1. The summed E-state index contributed by atoms with van der Waals surface area (Å²) in [6, 6.07) is 5.89. The van der Waals surface area contributed by atoms with Gasteiger partial charge in [-0.2, -0.15) is 11.8 Å². The Morgan fingerprint density at radius 2 is 2.08 bits per heavy atom. The van der Waals surface area contributed by atoms with Crippen LogP contribution in [0.3, 0.4) is 0 Å². The number of nitrogens with zero attached hydrogens (tertiary/aromatic N) is 2. The standard InChI is InChI=1S/C19H28N2O3S/c1-20(2)13-16-14-25-11-5-10-21(16)19(22)9-7-15-6-8-17(23-3)18(12-15)24-4/h6-9,12,16H,5,10-11,13-14H2,1-4H3/b9-7+. The molecule has 0 aliphatic carbocycles. The molecule has 0 radical (unpaired) electrons. The van der Waals surface area contributed by atoms with Crippen molar-refractivity contribution in [2.75, 3.05) is 52.9 Å². The topological polar surface area (TPSA) is 42.0 Å². The van der Waals surface area contributed by atoms with Crippen molar-refractivity contribution < 1.29 is 14.3 Å². The number of rotatable bonds is 6. The van der Waals surface area contributed by atoms with Crippen molar-refractivity contribution in [1.29, 1.82) is 0 Å². The van der Waals surface area contributed by atoms with Crippen LogP contribution in [0.15, 0.2) is 24.3 Å². The first-order valence-electron chi connectivity index (χ1n) is 8.48. The average Bonchev–Trinajstić information content (AvgIpc) is 2.84. The van der Waals surface area contributed by atoms with Crippen LogP contribution < -0.4 is 9.47 Å². The number of thioether (sulfide) groups is 1. The monoisotopic (exact) mass is 364 g/mol. The Balaban J connectivity index is 2.11. The first-order valence-corrected chi connectivity index (χ1v) is 9.63. The number of benzene rings is 1. The molecule has 0 bridgehead atoms. The minimum atomic E-state index is 0.0733. The molecule has 1 aromatic rings. The van der Waals surface area contributed by atoms with E-state index < -0.39 is 0 Å². The van der Waals surface area contributed by atoms with Crippen molar-refractivity contribution in [1.82, 2.24) is 9.80 Å². The maximum Gasteiger partial charge on any atom is 0.246 e. The fraction of sp³-hybridized carbons (Fsp3) is 0.526. The molecule has 5 nitrogen and oxygen atoms in total. The molecule has 1 aliphatic heterocycles. The maximum absolute atomic E-state index is 12.7. The summed E-state index contributed by atoms with van der Waals surface area (Å²) < 4.78 is 10.6. The van der Waals surface area contributed by atoms with Crippen LogP contribution in [0.1, 0.15) is 12.0 Å². The van der Waals surface area contributed by atoms with Gasteiger partial charge < -0.3 is 19.3 Å². The summed E-state index contributed by atoms with van der Waals surface area (Å²) in [6.07, 6.45) is 4.56. The fourth-order valence-corrected chi connectivity index (χ4v) is 3.97. The van der Waals surface area contributed by atoms with Crippen molar-refractivity contribution in [3.05, 3.63) is 29.8 Å². The molecule has 1 saturated heterocycles. The van der Waals surface area contributed by atoms with Gasteiger partial charge in [0.25, 0.3) is 0 Å². The first kappa shape index (κ1) is 19.7. The summed E-state index contributed by atoms with van der Waals surface area (Å²) >= 11 is 1.94. The first-order chi connectivity index (χ1) is 12.0. The largest absolute Gasteiger partial charge is 0.493 e. The molecule has 1 aliphatic rings. The van der Waals surface area contributed by atoms with Crippen LogP contribution in [0.25, 0.3) is 6.08 Å². The predicted molar refractivity (Wildman–Crippen MR) is 105 cm³/mol. The van der Waals surface area contributed by atoms with Gasteiger partial charge in [-0.15, -0.1) is 0 Å². The number of hydrogen-bond donors (Lipinski definition) is 0. The second-order valence-corrected chi connectivity index (χ2v) is 7.47. The third-order valence-electron chi connectivity index (χ3n) is 4.12. The van der Waals surface area contributed by atoms with E-state index in [9.17, 15) is 4.79 Å². The number of hydrogen-bond acceptors (Lipinski definition) is 5. The van der Waals surface area contributed by atoms with Crippen molar-refractivity contribution in [2.45, 2.75) is 12.5 Å². The van der Waals surface area contributed by atoms with Gasteiger partial charge in [0.05, 0.1) is 20.3 Å². The van der Waals surface area contributed by atoms with Gasteiger partial charge in [0.1, 0.15) is 0 Å². The van der Waals surface area contributed by atoms with Crippen LogP contribution in [-0.4, -0.2) is 74.7 Å². The Labute approximate surface area is 155 Å². The van der Waals surface area contributed by atoms with Crippen LogP contribution in [0.5, 0.6) is 11.5 Å². The highest BCUT2D eigenvalue weighted by molar-refractivity contribution is 7.99. The van der Waals surface area contributed by atoms with Crippen LogP contribution in [-0.2, 0) is 4.79 Å². The summed E-state index contributed by atoms with van der Waals surface area (Å²) in [5.41, 5.74) is 0.916. The van der Waals surface area contributed by atoms with Gasteiger partial charge in [0.2, 0.25) is 5.91 Å². The lowest BCUT2D eigenvalue weighted by molar-refractivity contribution is -0.128. The van der Waals surface area contributed by atoms with Crippen molar-refractivity contribution in [3.8, 4) is 11.5 Å². The SMILES string of the molecule is COc1ccc(/C=C/C(=O)N2CCCSCC2CN(C)C)cc1OC. The summed E-state index contributed by atoms with van der Waals surface area (Å²) in [5.74, 6) is 3.53. The zero-order chi connectivity index (χ0) is 18.2. The molecule has 1 heterocycles. The van der Waals surface area contributed by atoms with E-state index in [2.05, 4.69) is 19.0 Å². The van der Waals surface area contributed by atoms with E-state index >= 15 is 0 Å². The Morgan fingerprint density at radius 3 is 2.76 bits per heavy atom. The zero-order valence-electron chi connectivity index (χ0n) is 15.5. The Morgan fingerprint density at radius 1 is 1.32 bits per heavy atom. The predicted octanol–water partition coefficient (Wildman–Crippen LogP) is 2.61. The molecular weight excluding hydrogens is 336 g/mol. The maximum atomic E-state index is 12.7. The normalized spacial score (nSPS) is 18.4. The van der Waals surface area contributed by atoms with E-state index in [4.69, 9.17) is 9.47 Å². The molecule has 0 N–H and O–H groups in total. The third kappa shape index (κ3) is 5.68. The minimum Gasteiger partial charge on any atom is -0.493 e. The summed E-state index contributed by atoms with van der Waals surface area (Å²) in [4.78, 5) is 16.9. The number of likely N-dealkylation sites (N-methyl/N-ethyl adjacent to an activating group) is 1. The molecule has 1 fully saturated rings. The van der Waals surface area contributed by atoms with Crippen molar-refractivity contribution in [3.63, 3.8) is 0 Å². The summed E-state index contributed by atoms with van der Waals surface area (Å²) in [6.45, 7) is 1.71. The van der Waals surface area contributed by atoms with E-state index in [1.807, 2.05) is 40.9 Å².